The number of ether oxygens (including phenoxy) is 1. The van der Waals surface area contributed by atoms with Crippen LogP contribution in [0.25, 0.3) is 0 Å². The minimum absolute atomic E-state index is 0.109. The molecule has 0 saturated carbocycles. The summed E-state index contributed by atoms with van der Waals surface area (Å²) in [6, 6.07) is 3.22. The third-order valence-electron chi connectivity index (χ3n) is 1.90. The highest BCUT2D eigenvalue weighted by atomic mass is 79.9. The van der Waals surface area contributed by atoms with Crippen LogP contribution in [0.5, 0.6) is 0 Å². The zero-order chi connectivity index (χ0) is 12.8. The van der Waals surface area contributed by atoms with E-state index in [1.54, 1.807) is 0 Å². The van der Waals surface area contributed by atoms with Crippen molar-refractivity contribution in [1.29, 1.82) is 0 Å². The van der Waals surface area contributed by atoms with Crippen molar-refractivity contribution in [3.8, 4) is 0 Å². The highest BCUT2D eigenvalue weighted by Gasteiger charge is 2.17. The van der Waals surface area contributed by atoms with Gasteiger partial charge in [0.15, 0.2) is 0 Å². The van der Waals surface area contributed by atoms with E-state index in [-0.39, 0.29) is 17.7 Å². The van der Waals surface area contributed by atoms with Crippen LogP contribution in [0.2, 0.25) is 0 Å². The van der Waals surface area contributed by atoms with E-state index < -0.39 is 23.3 Å². The van der Waals surface area contributed by atoms with E-state index in [1.807, 2.05) is 0 Å². The van der Waals surface area contributed by atoms with Gasteiger partial charge < -0.3 is 4.74 Å². The maximum Gasteiger partial charge on any atom is 0.338 e. The number of nitro groups is 1. The summed E-state index contributed by atoms with van der Waals surface area (Å²) >= 11 is 3.06. The molecule has 0 bridgehead atoms. The van der Waals surface area contributed by atoms with Gasteiger partial charge in [0, 0.05) is 15.8 Å². The zero-order valence-electron chi connectivity index (χ0n) is 8.69. The maximum absolute atomic E-state index is 13.0. The molecule has 7 heteroatoms. The largest absolute Gasteiger partial charge is 0.461 e. The standard InChI is InChI=1S/C10H9BrFNO4/c11-3-4-17-10(14)9-5-8(12)2-1-7(9)6-13(15)16/h1-2,5H,3-4,6H2. The van der Waals surface area contributed by atoms with Crippen LogP contribution in [-0.4, -0.2) is 22.8 Å². The molecule has 92 valence electrons. The lowest BCUT2D eigenvalue weighted by Crippen LogP contribution is -2.12. The first kappa shape index (κ1) is 13.6. The van der Waals surface area contributed by atoms with E-state index in [1.165, 1.54) is 6.07 Å². The average molecular weight is 306 g/mol. The third-order valence-corrected chi connectivity index (χ3v) is 2.23. The molecule has 0 fully saturated rings. The van der Waals surface area contributed by atoms with Gasteiger partial charge in [-0.2, -0.15) is 0 Å². The molecule has 0 spiro atoms. The lowest BCUT2D eigenvalue weighted by Gasteiger charge is -2.06. The van der Waals surface area contributed by atoms with E-state index in [9.17, 15) is 19.3 Å². The van der Waals surface area contributed by atoms with Crippen molar-refractivity contribution in [2.75, 3.05) is 11.9 Å². The Hall–Kier alpha value is -1.50. The van der Waals surface area contributed by atoms with Gasteiger partial charge in [-0.3, -0.25) is 10.1 Å². The summed E-state index contributed by atoms with van der Waals surface area (Å²) in [4.78, 5) is 21.3. The lowest BCUT2D eigenvalue weighted by molar-refractivity contribution is -0.496. The number of esters is 1. The van der Waals surface area contributed by atoms with Crippen LogP contribution < -0.4 is 0 Å². The molecule has 0 heterocycles. The zero-order valence-corrected chi connectivity index (χ0v) is 10.3. The molecule has 0 atom stereocenters. The molecule has 0 aromatic heterocycles. The Labute approximate surface area is 105 Å². The number of carbonyl (C=O) groups excluding carboxylic acids is 1. The highest BCUT2D eigenvalue weighted by Crippen LogP contribution is 2.14. The fourth-order valence-electron chi connectivity index (χ4n) is 1.22. The minimum Gasteiger partial charge on any atom is -0.461 e. The molecular weight excluding hydrogens is 297 g/mol. The van der Waals surface area contributed by atoms with Gasteiger partial charge in [-0.05, 0) is 18.2 Å². The normalized spacial score (nSPS) is 10.0. The number of benzene rings is 1. The Balaban J connectivity index is 2.97. The molecular formula is C10H9BrFNO4. The average Bonchev–Trinajstić information content (AvgIpc) is 2.27. The van der Waals surface area contributed by atoms with Gasteiger partial charge in [-0.25, -0.2) is 9.18 Å². The van der Waals surface area contributed by atoms with E-state index >= 15 is 0 Å². The van der Waals surface area contributed by atoms with Crippen LogP contribution in [0.15, 0.2) is 18.2 Å². The van der Waals surface area contributed by atoms with Crippen molar-refractivity contribution in [1.82, 2.24) is 0 Å². The molecule has 5 nitrogen and oxygen atoms in total. The van der Waals surface area contributed by atoms with Gasteiger partial charge in [0.05, 0.1) is 5.56 Å². The van der Waals surface area contributed by atoms with Gasteiger partial charge in [0.2, 0.25) is 6.54 Å². The van der Waals surface area contributed by atoms with E-state index in [0.717, 1.165) is 12.1 Å². The number of carbonyl (C=O) groups is 1. The Kier molecular flexibility index (Phi) is 5.02. The van der Waals surface area contributed by atoms with Gasteiger partial charge in [0.25, 0.3) is 0 Å². The Morgan fingerprint density at radius 2 is 2.24 bits per heavy atom. The molecule has 0 N–H and O–H groups in total. The smallest absolute Gasteiger partial charge is 0.338 e. The molecule has 1 aromatic rings. The van der Waals surface area contributed by atoms with Crippen LogP contribution in [0.1, 0.15) is 15.9 Å². The Morgan fingerprint density at radius 3 is 2.82 bits per heavy atom. The van der Waals surface area contributed by atoms with E-state index in [4.69, 9.17) is 4.74 Å². The third kappa shape index (κ3) is 4.10. The predicted molar refractivity (Wildman–Crippen MR) is 61.2 cm³/mol. The molecule has 0 aliphatic rings. The summed E-state index contributed by atoms with van der Waals surface area (Å²) in [6.07, 6.45) is 0. The molecule has 1 aromatic carbocycles. The molecule has 0 radical (unpaired) electrons. The van der Waals surface area contributed by atoms with Gasteiger partial charge in [0.1, 0.15) is 12.4 Å². The summed E-state index contributed by atoms with van der Waals surface area (Å²) in [6.45, 7) is -0.424. The van der Waals surface area contributed by atoms with E-state index in [0.29, 0.717) is 5.33 Å². The van der Waals surface area contributed by atoms with Crippen LogP contribution >= 0.6 is 15.9 Å². The first-order valence-electron chi connectivity index (χ1n) is 4.68. The van der Waals surface area contributed by atoms with Crippen LogP contribution in [0.3, 0.4) is 0 Å². The predicted octanol–water partition coefficient (Wildman–Crippen LogP) is 2.15. The van der Waals surface area contributed by atoms with Crippen LogP contribution in [-0.2, 0) is 11.3 Å². The minimum atomic E-state index is -0.763. The van der Waals surface area contributed by atoms with Crippen LogP contribution in [0.4, 0.5) is 4.39 Å². The van der Waals surface area contributed by atoms with Crippen molar-refractivity contribution < 1.29 is 18.8 Å². The monoisotopic (exact) mass is 305 g/mol. The molecule has 17 heavy (non-hydrogen) atoms. The second kappa shape index (κ2) is 6.29. The SMILES string of the molecule is O=C(OCCBr)c1cc(F)ccc1C[N+](=O)[O-]. The number of rotatable bonds is 5. The number of halogens is 2. The van der Waals surface area contributed by atoms with Crippen molar-refractivity contribution in [2.24, 2.45) is 0 Å². The number of hydrogen-bond donors (Lipinski definition) is 0. The molecule has 0 aliphatic heterocycles. The fourth-order valence-corrected chi connectivity index (χ4v) is 1.39. The topological polar surface area (TPSA) is 69.4 Å². The highest BCUT2D eigenvalue weighted by molar-refractivity contribution is 9.09. The van der Waals surface area contributed by atoms with Crippen molar-refractivity contribution in [3.63, 3.8) is 0 Å². The molecule has 0 saturated heterocycles. The fraction of sp³-hybridized carbons (Fsp3) is 0.300. The molecule has 0 unspecified atom stereocenters. The second-order valence-electron chi connectivity index (χ2n) is 3.12. The number of nitrogens with zero attached hydrogens (tertiary/aromatic N) is 1. The van der Waals surface area contributed by atoms with Crippen molar-refractivity contribution in [3.05, 3.63) is 45.3 Å². The molecule has 0 amide bonds. The summed E-state index contributed by atoms with van der Waals surface area (Å²) < 4.78 is 17.8. The maximum atomic E-state index is 13.0. The summed E-state index contributed by atoms with van der Waals surface area (Å²) in [7, 11) is 0. The van der Waals surface area contributed by atoms with Gasteiger partial charge in [-0.1, -0.05) is 15.9 Å². The van der Waals surface area contributed by atoms with E-state index in [2.05, 4.69) is 15.9 Å². The summed E-state index contributed by atoms with van der Waals surface area (Å²) in [5.74, 6) is -1.40. The van der Waals surface area contributed by atoms with Crippen molar-refractivity contribution in [2.45, 2.75) is 6.54 Å². The first-order valence-corrected chi connectivity index (χ1v) is 5.80. The summed E-state index contributed by atoms with van der Waals surface area (Å²) in [5, 5.41) is 10.8. The quantitative estimate of drug-likeness (QED) is 0.362. The van der Waals surface area contributed by atoms with Crippen LogP contribution in [0, 0.1) is 15.9 Å². The van der Waals surface area contributed by atoms with Crippen molar-refractivity contribution >= 4 is 21.9 Å². The second-order valence-corrected chi connectivity index (χ2v) is 3.91. The molecule has 0 aliphatic carbocycles. The first-order chi connectivity index (χ1) is 8.04. The number of alkyl halides is 1. The summed E-state index contributed by atoms with van der Waals surface area (Å²) in [5.41, 5.74) is 0.0265. The molecule has 1 rings (SSSR count). The Bertz CT molecular complexity index is 438. The Morgan fingerprint density at radius 1 is 1.53 bits per heavy atom. The number of hydrogen-bond acceptors (Lipinski definition) is 4. The lowest BCUT2D eigenvalue weighted by atomic mass is 10.1. The van der Waals surface area contributed by atoms with Gasteiger partial charge >= 0.3 is 5.97 Å². The van der Waals surface area contributed by atoms with Gasteiger partial charge in [-0.15, -0.1) is 0 Å².